The zero-order chi connectivity index (χ0) is 10.9. The van der Waals surface area contributed by atoms with Crippen LogP contribution in [0.3, 0.4) is 0 Å². The summed E-state index contributed by atoms with van der Waals surface area (Å²) < 4.78 is 8.07. The first-order valence-electron chi connectivity index (χ1n) is 4.02. The molecule has 0 aliphatic rings. The molecule has 1 aromatic heterocycles. The van der Waals surface area contributed by atoms with Crippen LogP contribution in [0.1, 0.15) is 0 Å². The van der Waals surface area contributed by atoms with Crippen molar-refractivity contribution in [1.29, 1.82) is 0 Å². The second-order valence-corrected chi connectivity index (χ2v) is 2.97. The molecule has 0 atom stereocenters. The van der Waals surface area contributed by atoms with Gasteiger partial charge in [-0.15, -0.1) is 5.10 Å². The van der Waals surface area contributed by atoms with Gasteiger partial charge in [0.15, 0.2) is 0 Å². The van der Waals surface area contributed by atoms with E-state index >= 15 is 0 Å². The number of carbonyl (C=O) groups excluding carboxylic acids is 1. The van der Waals surface area contributed by atoms with E-state index in [1.165, 1.54) is 11.5 Å². The van der Waals surface area contributed by atoms with Gasteiger partial charge in [0.05, 0.1) is 6.20 Å². The van der Waals surface area contributed by atoms with Crippen molar-refractivity contribution in [3.63, 3.8) is 0 Å². The first-order chi connectivity index (χ1) is 7.29. The molecule has 0 saturated carbocycles. The van der Waals surface area contributed by atoms with Gasteiger partial charge in [-0.2, -0.15) is 0 Å². The lowest BCUT2D eigenvalue weighted by molar-refractivity contribution is 0.211. The molecule has 2 aromatic rings. The normalized spacial score (nSPS) is 8.53. The Kier molecular flexibility index (Phi) is 4.82. The van der Waals surface area contributed by atoms with Gasteiger partial charge in [-0.25, -0.2) is 4.79 Å². The molecule has 0 unspecified atom stereocenters. The average molecular weight is 223 g/mol. The van der Waals surface area contributed by atoms with Crippen LogP contribution in [0, 0.1) is 0 Å². The summed E-state index contributed by atoms with van der Waals surface area (Å²) in [6, 6.07) is 8.67. The monoisotopic (exact) mass is 223 g/mol. The molecule has 2 N–H and O–H groups in total. The summed E-state index contributed by atoms with van der Waals surface area (Å²) in [7, 11) is 0. The van der Waals surface area contributed by atoms with E-state index in [1.54, 1.807) is 30.5 Å². The molecule has 6 heteroatoms. The van der Waals surface area contributed by atoms with Crippen molar-refractivity contribution < 1.29 is 9.53 Å². The second-order valence-electron chi connectivity index (χ2n) is 2.32. The number of hydrogen-bond donors (Lipinski definition) is 1. The van der Waals surface area contributed by atoms with Crippen molar-refractivity contribution in [2.75, 3.05) is 0 Å². The number of amides is 1. The molecule has 0 aliphatic carbocycles. The predicted octanol–water partition coefficient (Wildman–Crippen LogP) is 1.68. The van der Waals surface area contributed by atoms with E-state index in [0.29, 0.717) is 5.75 Å². The molecule has 0 saturated heterocycles. The number of carbonyl (C=O) groups is 1. The van der Waals surface area contributed by atoms with E-state index in [9.17, 15) is 4.79 Å². The lowest BCUT2D eigenvalue weighted by Crippen LogP contribution is -2.15. The lowest BCUT2D eigenvalue weighted by atomic mass is 10.3. The van der Waals surface area contributed by atoms with Crippen LogP contribution in [0.15, 0.2) is 41.9 Å². The Bertz CT molecular complexity index is 360. The van der Waals surface area contributed by atoms with Gasteiger partial charge < -0.3 is 10.5 Å². The molecule has 2 rings (SSSR count). The summed E-state index contributed by atoms with van der Waals surface area (Å²) >= 11 is 1.35. The largest absolute Gasteiger partial charge is 0.411 e. The smallest absolute Gasteiger partial charge is 0.409 e. The van der Waals surface area contributed by atoms with Crippen molar-refractivity contribution >= 4 is 17.6 Å². The lowest BCUT2D eigenvalue weighted by Gasteiger charge is -1.96. The van der Waals surface area contributed by atoms with Crippen molar-refractivity contribution in [3.05, 3.63) is 41.9 Å². The standard InChI is InChI=1S/C7H7NO2.C2H2N2S/c8-7(9)10-6-4-2-1-3-5-6;1-2-5-4-3-1/h1-5H,(H2,8,9);1-2H. The van der Waals surface area contributed by atoms with E-state index in [4.69, 9.17) is 5.73 Å². The number of para-hydroxylation sites is 1. The Morgan fingerprint density at radius 1 is 1.33 bits per heavy atom. The first-order valence-corrected chi connectivity index (χ1v) is 4.86. The van der Waals surface area contributed by atoms with E-state index in [-0.39, 0.29) is 0 Å². The van der Waals surface area contributed by atoms with Crippen molar-refractivity contribution in [2.45, 2.75) is 0 Å². The van der Waals surface area contributed by atoms with Crippen LogP contribution < -0.4 is 10.5 Å². The highest BCUT2D eigenvalue weighted by Gasteiger charge is 1.93. The highest BCUT2D eigenvalue weighted by molar-refractivity contribution is 7.03. The van der Waals surface area contributed by atoms with Gasteiger partial charge in [-0.1, -0.05) is 22.7 Å². The number of nitrogens with two attached hydrogens (primary N) is 1. The minimum absolute atomic E-state index is 0.468. The van der Waals surface area contributed by atoms with Gasteiger partial charge in [0.25, 0.3) is 0 Å². The van der Waals surface area contributed by atoms with Crippen LogP contribution in [0.5, 0.6) is 5.75 Å². The summed E-state index contributed by atoms with van der Waals surface area (Å²) in [5.74, 6) is 0.468. The van der Waals surface area contributed by atoms with Gasteiger partial charge in [-0.3, -0.25) is 0 Å². The van der Waals surface area contributed by atoms with Crippen LogP contribution in [-0.4, -0.2) is 15.7 Å². The highest BCUT2D eigenvalue weighted by atomic mass is 32.1. The van der Waals surface area contributed by atoms with Crippen molar-refractivity contribution in [2.24, 2.45) is 5.73 Å². The highest BCUT2D eigenvalue weighted by Crippen LogP contribution is 2.07. The number of rotatable bonds is 1. The molecule has 0 spiro atoms. The van der Waals surface area contributed by atoms with E-state index in [1.807, 2.05) is 11.4 Å². The fourth-order valence-electron chi connectivity index (χ4n) is 0.741. The van der Waals surface area contributed by atoms with Gasteiger partial charge in [0, 0.05) is 5.38 Å². The SMILES string of the molecule is NC(=O)Oc1ccccc1.c1csnn1. The Morgan fingerprint density at radius 2 is 2.07 bits per heavy atom. The van der Waals surface area contributed by atoms with E-state index in [0.717, 1.165) is 0 Å². The minimum atomic E-state index is -0.786. The Hall–Kier alpha value is -1.95. The summed E-state index contributed by atoms with van der Waals surface area (Å²) in [4.78, 5) is 10.2. The molecular weight excluding hydrogens is 214 g/mol. The molecule has 0 aliphatic heterocycles. The third kappa shape index (κ3) is 5.37. The summed E-state index contributed by atoms with van der Waals surface area (Å²) in [6.07, 6.45) is 0.871. The van der Waals surface area contributed by atoms with Crippen LogP contribution in [0.25, 0.3) is 0 Å². The Morgan fingerprint density at radius 3 is 2.47 bits per heavy atom. The topological polar surface area (TPSA) is 78.1 Å². The third-order valence-electron chi connectivity index (χ3n) is 1.24. The quantitative estimate of drug-likeness (QED) is 0.797. The maximum absolute atomic E-state index is 10.2. The molecule has 0 radical (unpaired) electrons. The summed E-state index contributed by atoms with van der Waals surface area (Å²) in [6.45, 7) is 0. The van der Waals surface area contributed by atoms with Gasteiger partial charge >= 0.3 is 6.09 Å². The minimum Gasteiger partial charge on any atom is -0.411 e. The molecule has 1 aromatic carbocycles. The molecule has 78 valence electrons. The second kappa shape index (κ2) is 6.50. The third-order valence-corrected chi connectivity index (χ3v) is 1.68. The molecule has 1 heterocycles. The number of nitrogens with zero attached hydrogens (tertiary/aromatic N) is 2. The maximum atomic E-state index is 10.2. The van der Waals surface area contributed by atoms with Gasteiger partial charge in [-0.05, 0) is 23.7 Å². The van der Waals surface area contributed by atoms with Crippen LogP contribution in [0.4, 0.5) is 4.79 Å². The van der Waals surface area contributed by atoms with Crippen LogP contribution in [0.2, 0.25) is 0 Å². The predicted molar refractivity (Wildman–Crippen MR) is 56.6 cm³/mol. The Labute approximate surface area is 90.7 Å². The van der Waals surface area contributed by atoms with E-state index in [2.05, 4.69) is 14.3 Å². The average Bonchev–Trinajstić information content (AvgIpc) is 2.76. The zero-order valence-electron chi connectivity index (χ0n) is 7.74. The van der Waals surface area contributed by atoms with E-state index < -0.39 is 6.09 Å². The number of aromatic nitrogens is 2. The fraction of sp³-hybridized carbons (Fsp3) is 0. The van der Waals surface area contributed by atoms with Gasteiger partial charge in [0.1, 0.15) is 5.75 Å². The number of benzene rings is 1. The molecular formula is C9H9N3O2S. The Balaban J connectivity index is 0.000000187. The summed E-state index contributed by atoms with van der Waals surface area (Å²) in [5, 5.41) is 5.31. The van der Waals surface area contributed by atoms with Crippen LogP contribution >= 0.6 is 11.5 Å². The van der Waals surface area contributed by atoms with Gasteiger partial charge in [0.2, 0.25) is 0 Å². The fourth-order valence-corrected chi connectivity index (χ4v) is 1.01. The summed E-state index contributed by atoms with van der Waals surface area (Å²) in [5.41, 5.74) is 4.76. The first kappa shape index (κ1) is 11.1. The van der Waals surface area contributed by atoms with Crippen LogP contribution in [-0.2, 0) is 0 Å². The maximum Gasteiger partial charge on any atom is 0.409 e. The molecule has 5 nitrogen and oxygen atoms in total. The van der Waals surface area contributed by atoms with Crippen molar-refractivity contribution in [1.82, 2.24) is 9.59 Å². The molecule has 0 bridgehead atoms. The molecule has 15 heavy (non-hydrogen) atoms. The number of primary amides is 1. The number of ether oxygens (including phenoxy) is 1. The van der Waals surface area contributed by atoms with Crippen molar-refractivity contribution in [3.8, 4) is 5.75 Å². The molecule has 0 fully saturated rings. The molecule has 1 amide bonds. The number of hydrogen-bond acceptors (Lipinski definition) is 5. The zero-order valence-corrected chi connectivity index (χ0v) is 8.55.